The molecule has 0 radical (unpaired) electrons. The molecule has 0 aromatic heterocycles. The van der Waals surface area contributed by atoms with Gasteiger partial charge in [-0.1, -0.05) is 18.9 Å². The topological polar surface area (TPSA) is 64.3 Å². The first-order valence-corrected chi connectivity index (χ1v) is 8.79. The Morgan fingerprint density at radius 3 is 2.64 bits per heavy atom. The maximum Gasteiger partial charge on any atom is 0.200 e. The fraction of sp³-hybridized carbons (Fsp3) is 0.278. The third-order valence-electron chi connectivity index (χ3n) is 3.55. The minimum atomic E-state index is -0.829. The minimum Gasteiger partial charge on any atom is -0.451 e. The lowest BCUT2D eigenvalue weighted by atomic mass is 10.0. The Morgan fingerprint density at radius 2 is 2.00 bits per heavy atom. The molecule has 0 saturated heterocycles. The Morgan fingerprint density at radius 1 is 1.28 bits per heavy atom. The standard InChI is InChI=1S/C18H20F2N2O2S/c1-4-9-25-22-14-7-5-12(19)18(17(14)20)24-15-8-6-13(21)16(10(15)2)11(3)23/h5-8,22H,4,9,21H2,1-3H3. The van der Waals surface area contributed by atoms with Crippen molar-refractivity contribution in [1.29, 1.82) is 0 Å². The Hall–Kier alpha value is -2.28. The zero-order valence-corrected chi connectivity index (χ0v) is 15.1. The maximum absolute atomic E-state index is 14.6. The maximum atomic E-state index is 14.6. The second kappa shape index (κ2) is 8.20. The van der Waals surface area contributed by atoms with Crippen molar-refractivity contribution < 1.29 is 18.3 Å². The Kier molecular flexibility index (Phi) is 6.25. The van der Waals surface area contributed by atoms with E-state index in [1.54, 1.807) is 6.92 Å². The molecule has 0 amide bonds. The molecule has 2 rings (SSSR count). The number of rotatable bonds is 7. The summed E-state index contributed by atoms with van der Waals surface area (Å²) in [5, 5.41) is 0. The van der Waals surface area contributed by atoms with Crippen LogP contribution < -0.4 is 15.2 Å². The van der Waals surface area contributed by atoms with Crippen LogP contribution in [0, 0.1) is 18.6 Å². The van der Waals surface area contributed by atoms with E-state index < -0.39 is 17.4 Å². The van der Waals surface area contributed by atoms with Crippen molar-refractivity contribution in [3.05, 3.63) is 47.0 Å². The number of ether oxygens (including phenoxy) is 1. The highest BCUT2D eigenvalue weighted by Gasteiger charge is 2.19. The average Bonchev–Trinajstić information content (AvgIpc) is 2.55. The molecular weight excluding hydrogens is 346 g/mol. The Balaban J connectivity index is 2.39. The summed E-state index contributed by atoms with van der Waals surface area (Å²) in [7, 11) is 0. The molecule has 4 nitrogen and oxygen atoms in total. The van der Waals surface area contributed by atoms with Gasteiger partial charge in [0.1, 0.15) is 5.75 Å². The molecule has 25 heavy (non-hydrogen) atoms. The number of halogens is 2. The Labute approximate surface area is 149 Å². The fourth-order valence-corrected chi connectivity index (χ4v) is 2.96. The first-order chi connectivity index (χ1) is 11.9. The number of nitrogen functional groups attached to an aromatic ring is 1. The summed E-state index contributed by atoms with van der Waals surface area (Å²) in [6.45, 7) is 5.00. The van der Waals surface area contributed by atoms with Crippen molar-refractivity contribution in [3.63, 3.8) is 0 Å². The van der Waals surface area contributed by atoms with Crippen molar-refractivity contribution in [3.8, 4) is 11.5 Å². The Bertz CT molecular complexity index is 797. The smallest absolute Gasteiger partial charge is 0.200 e. The van der Waals surface area contributed by atoms with Crippen molar-refractivity contribution >= 4 is 29.1 Å². The summed E-state index contributed by atoms with van der Waals surface area (Å²) < 4.78 is 37.0. The van der Waals surface area contributed by atoms with Crippen LogP contribution in [0.4, 0.5) is 20.2 Å². The van der Waals surface area contributed by atoms with Crippen molar-refractivity contribution in [2.75, 3.05) is 16.2 Å². The molecule has 2 aromatic rings. The van der Waals surface area contributed by atoms with Gasteiger partial charge in [0.25, 0.3) is 0 Å². The predicted molar refractivity (Wildman–Crippen MR) is 98.4 cm³/mol. The molecule has 0 heterocycles. The first-order valence-electron chi connectivity index (χ1n) is 7.80. The number of anilines is 2. The van der Waals surface area contributed by atoms with Crippen LogP contribution in [0.3, 0.4) is 0 Å². The van der Waals surface area contributed by atoms with E-state index in [1.165, 1.54) is 37.1 Å². The lowest BCUT2D eigenvalue weighted by Gasteiger charge is -2.15. The van der Waals surface area contributed by atoms with E-state index >= 15 is 0 Å². The van der Waals surface area contributed by atoms with E-state index in [1.807, 2.05) is 6.92 Å². The van der Waals surface area contributed by atoms with Gasteiger partial charge in [0.2, 0.25) is 5.75 Å². The highest BCUT2D eigenvalue weighted by atomic mass is 32.2. The molecular formula is C18H20F2N2O2S. The van der Waals surface area contributed by atoms with Gasteiger partial charge in [0, 0.05) is 22.6 Å². The van der Waals surface area contributed by atoms with Crippen LogP contribution in [0.15, 0.2) is 24.3 Å². The number of carbonyl (C=O) groups is 1. The summed E-state index contributed by atoms with van der Waals surface area (Å²) >= 11 is 1.32. The van der Waals surface area contributed by atoms with Gasteiger partial charge < -0.3 is 15.2 Å². The minimum absolute atomic E-state index is 0.134. The summed E-state index contributed by atoms with van der Waals surface area (Å²) in [5.74, 6) is -1.47. The highest BCUT2D eigenvalue weighted by Crippen LogP contribution is 2.36. The predicted octanol–water partition coefficient (Wildman–Crippen LogP) is 5.32. The third kappa shape index (κ3) is 4.22. The highest BCUT2D eigenvalue weighted by molar-refractivity contribution is 8.00. The molecule has 0 bridgehead atoms. The number of hydrogen-bond donors (Lipinski definition) is 2. The molecule has 0 aliphatic heterocycles. The molecule has 0 aliphatic rings. The second-order valence-corrected chi connectivity index (χ2v) is 6.40. The van der Waals surface area contributed by atoms with Crippen LogP contribution in [0.5, 0.6) is 11.5 Å². The van der Waals surface area contributed by atoms with E-state index in [9.17, 15) is 13.6 Å². The molecule has 0 saturated carbocycles. The molecule has 0 fully saturated rings. The van der Waals surface area contributed by atoms with Gasteiger partial charge in [-0.15, -0.1) is 0 Å². The van der Waals surface area contributed by atoms with Crippen molar-refractivity contribution in [1.82, 2.24) is 0 Å². The number of ketones is 1. The molecule has 0 aliphatic carbocycles. The monoisotopic (exact) mass is 366 g/mol. The quantitative estimate of drug-likeness (QED) is 0.300. The molecule has 2 aromatic carbocycles. The largest absolute Gasteiger partial charge is 0.451 e. The third-order valence-corrected chi connectivity index (χ3v) is 4.53. The molecule has 134 valence electrons. The molecule has 0 unspecified atom stereocenters. The van der Waals surface area contributed by atoms with Gasteiger partial charge in [0.15, 0.2) is 17.4 Å². The number of Topliss-reactive ketones (excluding diaryl/α,β-unsaturated/α-hetero) is 1. The van der Waals surface area contributed by atoms with Crippen LogP contribution in [-0.4, -0.2) is 11.5 Å². The van der Waals surface area contributed by atoms with Crippen LogP contribution >= 0.6 is 11.9 Å². The van der Waals surface area contributed by atoms with Crippen molar-refractivity contribution in [2.24, 2.45) is 0 Å². The van der Waals surface area contributed by atoms with Gasteiger partial charge in [-0.25, -0.2) is 8.78 Å². The van der Waals surface area contributed by atoms with Gasteiger partial charge in [-0.3, -0.25) is 4.79 Å². The molecule has 0 atom stereocenters. The summed E-state index contributed by atoms with van der Waals surface area (Å²) in [4.78, 5) is 11.7. The normalized spacial score (nSPS) is 10.6. The molecule has 0 spiro atoms. The van der Waals surface area contributed by atoms with Crippen LogP contribution in [0.1, 0.15) is 36.2 Å². The van der Waals surface area contributed by atoms with Gasteiger partial charge in [-0.05, 0) is 44.5 Å². The zero-order valence-electron chi connectivity index (χ0n) is 14.3. The average molecular weight is 366 g/mol. The van der Waals surface area contributed by atoms with E-state index in [4.69, 9.17) is 10.5 Å². The van der Waals surface area contributed by atoms with E-state index in [-0.39, 0.29) is 22.8 Å². The number of nitrogens with two attached hydrogens (primary N) is 1. The fourth-order valence-electron chi connectivity index (χ4n) is 2.34. The number of benzene rings is 2. The van der Waals surface area contributed by atoms with Crippen LogP contribution in [-0.2, 0) is 0 Å². The second-order valence-electron chi connectivity index (χ2n) is 5.50. The first kappa shape index (κ1) is 19.1. The van der Waals surface area contributed by atoms with Gasteiger partial charge >= 0.3 is 0 Å². The van der Waals surface area contributed by atoms with E-state index in [0.717, 1.165) is 18.2 Å². The van der Waals surface area contributed by atoms with Crippen molar-refractivity contribution in [2.45, 2.75) is 27.2 Å². The number of nitrogens with one attached hydrogen (secondary N) is 1. The molecule has 3 N–H and O–H groups in total. The zero-order chi connectivity index (χ0) is 18.6. The summed E-state index contributed by atoms with van der Waals surface area (Å²) in [6, 6.07) is 5.42. The van der Waals surface area contributed by atoms with Gasteiger partial charge in [-0.2, -0.15) is 0 Å². The SMILES string of the molecule is CCCSNc1ccc(F)c(Oc2ccc(N)c(C(C)=O)c2C)c1F. The summed E-state index contributed by atoms with van der Waals surface area (Å²) in [6.07, 6.45) is 0.919. The van der Waals surface area contributed by atoms with Gasteiger partial charge in [0.05, 0.1) is 5.69 Å². The molecule has 7 heteroatoms. The van der Waals surface area contributed by atoms with Crippen LogP contribution in [0.2, 0.25) is 0 Å². The lowest BCUT2D eigenvalue weighted by Crippen LogP contribution is -2.05. The number of hydrogen-bond acceptors (Lipinski definition) is 5. The number of carbonyl (C=O) groups excluding carboxylic acids is 1. The van der Waals surface area contributed by atoms with Crippen LogP contribution in [0.25, 0.3) is 0 Å². The summed E-state index contributed by atoms with van der Waals surface area (Å²) in [5.41, 5.74) is 6.95. The lowest BCUT2D eigenvalue weighted by molar-refractivity contribution is 0.101. The van der Waals surface area contributed by atoms with E-state index in [0.29, 0.717) is 11.3 Å². The van der Waals surface area contributed by atoms with E-state index in [2.05, 4.69) is 4.72 Å².